The molecule has 2 aromatic carbocycles. The van der Waals surface area contributed by atoms with Crippen LogP contribution in [0.3, 0.4) is 0 Å². The number of hydrogen-bond acceptors (Lipinski definition) is 7. The van der Waals surface area contributed by atoms with E-state index in [1.807, 2.05) is 63.2 Å². The second-order valence-electron chi connectivity index (χ2n) is 13.6. The summed E-state index contributed by atoms with van der Waals surface area (Å²) in [5.74, 6) is -1.12. The van der Waals surface area contributed by atoms with Crippen molar-refractivity contribution in [1.29, 1.82) is 0 Å². The average Bonchev–Trinajstić information content (AvgIpc) is 3.49. The number of fused-ring (bicyclic) bond motifs is 1. The maximum atomic E-state index is 14.3. The van der Waals surface area contributed by atoms with Crippen molar-refractivity contribution in [2.75, 3.05) is 13.2 Å². The molecule has 2 fully saturated rings. The zero-order chi connectivity index (χ0) is 32.4. The third-order valence-electron chi connectivity index (χ3n) is 7.95. The number of carbonyl (C=O) groups is 4. The largest absolute Gasteiger partial charge is 0.488 e. The van der Waals surface area contributed by atoms with E-state index in [-0.39, 0.29) is 25.5 Å². The first-order valence-electron chi connectivity index (χ1n) is 15.2. The number of likely N-dealkylation sites (tertiary alicyclic amines) is 1. The third kappa shape index (κ3) is 7.17. The number of benzene rings is 2. The van der Waals surface area contributed by atoms with Crippen LogP contribution in [0.25, 0.3) is 10.8 Å². The van der Waals surface area contributed by atoms with Crippen molar-refractivity contribution >= 4 is 34.6 Å². The number of amides is 3. The van der Waals surface area contributed by atoms with Gasteiger partial charge in [0.2, 0.25) is 11.8 Å². The summed E-state index contributed by atoms with van der Waals surface area (Å²) >= 11 is 0. The van der Waals surface area contributed by atoms with Crippen LogP contribution in [-0.4, -0.2) is 71.3 Å². The maximum absolute atomic E-state index is 14.3. The molecule has 0 bridgehead atoms. The van der Waals surface area contributed by atoms with Crippen molar-refractivity contribution in [3.8, 4) is 5.75 Å². The van der Waals surface area contributed by atoms with Gasteiger partial charge in [-0.05, 0) is 51.0 Å². The summed E-state index contributed by atoms with van der Waals surface area (Å²) in [7, 11) is 0. The van der Waals surface area contributed by atoms with E-state index in [0.717, 1.165) is 10.8 Å². The van der Waals surface area contributed by atoms with Crippen LogP contribution < -0.4 is 15.4 Å². The topological polar surface area (TPSA) is 123 Å². The van der Waals surface area contributed by atoms with E-state index in [0.29, 0.717) is 12.2 Å². The van der Waals surface area contributed by atoms with E-state index in [2.05, 4.69) is 17.2 Å². The fourth-order valence-electron chi connectivity index (χ4n) is 5.66. The highest BCUT2D eigenvalue weighted by Gasteiger charge is 2.62. The van der Waals surface area contributed by atoms with Crippen molar-refractivity contribution in [2.24, 2.45) is 11.3 Å². The molecule has 1 aliphatic carbocycles. The van der Waals surface area contributed by atoms with E-state index < -0.39 is 58.6 Å². The molecule has 2 aliphatic rings. The van der Waals surface area contributed by atoms with Gasteiger partial charge in [0.15, 0.2) is 0 Å². The van der Waals surface area contributed by atoms with Gasteiger partial charge in [-0.1, -0.05) is 63.2 Å². The molecule has 10 nitrogen and oxygen atoms in total. The molecule has 0 aromatic heterocycles. The van der Waals surface area contributed by atoms with E-state index in [1.165, 1.54) is 4.90 Å². The second kappa shape index (κ2) is 12.5. The Kier molecular flexibility index (Phi) is 9.32. The molecule has 0 unspecified atom stereocenters. The molecule has 1 saturated carbocycles. The molecule has 1 heterocycles. The lowest BCUT2D eigenvalue weighted by molar-refractivity contribution is -0.150. The van der Waals surface area contributed by atoms with Crippen LogP contribution in [0, 0.1) is 11.3 Å². The third-order valence-corrected chi connectivity index (χ3v) is 7.95. The number of nitrogens with zero attached hydrogens (tertiary/aromatic N) is 1. The SMILES string of the molecule is C=C[C@H]1C[C@@]1(NC(=O)[C@@H]1C[C@@H](Oc2cccc3ccccc23)CN1C(=O)[C@@H](NC(=O)OC(C)(C)C)C(C)(C)C)C(=O)OCC. The molecule has 0 radical (unpaired) electrons. The normalized spacial score (nSPS) is 23.8. The van der Waals surface area contributed by atoms with E-state index >= 15 is 0 Å². The first-order valence-corrected chi connectivity index (χ1v) is 15.2. The van der Waals surface area contributed by atoms with Gasteiger partial charge in [0, 0.05) is 17.7 Å². The molecule has 3 amide bonds. The smallest absolute Gasteiger partial charge is 0.408 e. The fourth-order valence-corrected chi connectivity index (χ4v) is 5.66. The van der Waals surface area contributed by atoms with Crippen molar-refractivity contribution in [3.63, 3.8) is 0 Å². The minimum atomic E-state index is -1.23. The molecular formula is C34H45N3O7. The van der Waals surface area contributed by atoms with Gasteiger partial charge in [-0.15, -0.1) is 6.58 Å². The summed E-state index contributed by atoms with van der Waals surface area (Å²) < 4.78 is 17.2. The zero-order valence-corrected chi connectivity index (χ0v) is 26.8. The molecule has 1 aliphatic heterocycles. The number of ether oxygens (including phenoxy) is 3. The van der Waals surface area contributed by atoms with Crippen LogP contribution >= 0.6 is 0 Å². The lowest BCUT2D eigenvalue weighted by Gasteiger charge is -2.36. The maximum Gasteiger partial charge on any atom is 0.408 e. The highest BCUT2D eigenvalue weighted by molar-refractivity contribution is 5.97. The van der Waals surface area contributed by atoms with Gasteiger partial charge in [0.1, 0.15) is 35.1 Å². The number of carbonyl (C=O) groups excluding carboxylic acids is 4. The Morgan fingerprint density at radius 3 is 2.36 bits per heavy atom. The van der Waals surface area contributed by atoms with Crippen LogP contribution in [-0.2, 0) is 23.9 Å². The predicted molar refractivity (Wildman–Crippen MR) is 167 cm³/mol. The van der Waals surface area contributed by atoms with Crippen molar-refractivity contribution in [3.05, 3.63) is 55.1 Å². The molecule has 238 valence electrons. The Morgan fingerprint density at radius 2 is 1.75 bits per heavy atom. The first kappa shape index (κ1) is 32.8. The number of rotatable bonds is 9. The summed E-state index contributed by atoms with van der Waals surface area (Å²) in [4.78, 5) is 55.4. The Morgan fingerprint density at radius 1 is 1.07 bits per heavy atom. The van der Waals surface area contributed by atoms with Gasteiger partial charge in [-0.2, -0.15) is 0 Å². The Balaban J connectivity index is 1.64. The predicted octanol–water partition coefficient (Wildman–Crippen LogP) is 4.75. The summed E-state index contributed by atoms with van der Waals surface area (Å²) in [5.41, 5.74) is -2.72. The molecule has 5 atom stereocenters. The zero-order valence-electron chi connectivity index (χ0n) is 26.8. The van der Waals surface area contributed by atoms with Gasteiger partial charge >= 0.3 is 12.1 Å². The van der Waals surface area contributed by atoms with Gasteiger partial charge in [0.25, 0.3) is 0 Å². The monoisotopic (exact) mass is 607 g/mol. The van der Waals surface area contributed by atoms with Crippen LogP contribution in [0.5, 0.6) is 5.75 Å². The summed E-state index contributed by atoms with van der Waals surface area (Å²) in [6, 6.07) is 11.6. The van der Waals surface area contributed by atoms with Crippen LogP contribution in [0.4, 0.5) is 4.79 Å². The standard InChI is InChI=1S/C34H45N3O7/c1-9-22-19-34(22,30(40)42-10-2)36-28(38)25-18-23(43-26-17-13-15-21-14-11-12-16-24(21)26)20-37(25)29(39)27(32(3,4)5)35-31(41)44-33(6,7)8/h9,11-17,22-23,25,27H,1,10,18-20H2,2-8H3,(H,35,41)(H,36,38)/t22-,23+,25-,27+,34-/m0/s1. The number of hydrogen-bond donors (Lipinski definition) is 2. The number of nitrogens with one attached hydrogen (secondary N) is 2. The lowest BCUT2D eigenvalue weighted by atomic mass is 9.85. The summed E-state index contributed by atoms with van der Waals surface area (Å²) in [6.45, 7) is 16.5. The lowest BCUT2D eigenvalue weighted by Crippen LogP contribution is -2.59. The average molecular weight is 608 g/mol. The fraction of sp³-hybridized carbons (Fsp3) is 0.529. The molecule has 44 heavy (non-hydrogen) atoms. The Bertz CT molecular complexity index is 1420. The Labute approximate surface area is 259 Å². The quantitative estimate of drug-likeness (QED) is 0.312. The molecule has 10 heteroatoms. The van der Waals surface area contributed by atoms with Gasteiger partial charge in [0.05, 0.1) is 13.2 Å². The Hall–Kier alpha value is -4.08. The second-order valence-corrected chi connectivity index (χ2v) is 13.6. The first-order chi connectivity index (χ1) is 20.6. The van der Waals surface area contributed by atoms with Crippen molar-refractivity contribution < 1.29 is 33.4 Å². The highest BCUT2D eigenvalue weighted by Crippen LogP contribution is 2.46. The van der Waals surface area contributed by atoms with Gasteiger partial charge in [-0.25, -0.2) is 9.59 Å². The van der Waals surface area contributed by atoms with E-state index in [9.17, 15) is 19.2 Å². The molecule has 2 N–H and O–H groups in total. The minimum absolute atomic E-state index is 0.0972. The molecule has 2 aromatic rings. The van der Waals surface area contributed by atoms with Gasteiger partial charge in [-0.3, -0.25) is 9.59 Å². The minimum Gasteiger partial charge on any atom is -0.488 e. The highest BCUT2D eigenvalue weighted by atomic mass is 16.6. The summed E-state index contributed by atoms with van der Waals surface area (Å²) in [6.07, 6.45) is 0.907. The van der Waals surface area contributed by atoms with Crippen LogP contribution in [0.1, 0.15) is 61.3 Å². The molecule has 0 spiro atoms. The summed E-state index contributed by atoms with van der Waals surface area (Å²) in [5, 5.41) is 7.55. The van der Waals surface area contributed by atoms with E-state index in [1.54, 1.807) is 33.8 Å². The van der Waals surface area contributed by atoms with Crippen LogP contribution in [0.15, 0.2) is 55.1 Å². The van der Waals surface area contributed by atoms with Crippen molar-refractivity contribution in [1.82, 2.24) is 15.5 Å². The molecule has 4 rings (SSSR count). The number of alkyl carbamates (subject to hydrolysis) is 1. The molecule has 1 saturated heterocycles. The van der Waals surface area contributed by atoms with E-state index in [4.69, 9.17) is 14.2 Å². The van der Waals surface area contributed by atoms with Crippen molar-refractivity contribution in [2.45, 2.75) is 90.6 Å². The van der Waals surface area contributed by atoms with Crippen LogP contribution in [0.2, 0.25) is 0 Å². The number of esters is 1. The van der Waals surface area contributed by atoms with Gasteiger partial charge < -0.3 is 29.7 Å². The molecular weight excluding hydrogens is 562 g/mol.